The zero-order valence-corrected chi connectivity index (χ0v) is 22.3. The summed E-state index contributed by atoms with van der Waals surface area (Å²) in [5, 5.41) is 12.1. The van der Waals surface area contributed by atoms with Crippen LogP contribution in [0, 0.1) is 5.92 Å². The van der Waals surface area contributed by atoms with Crippen molar-refractivity contribution in [2.75, 3.05) is 5.32 Å². The van der Waals surface area contributed by atoms with Crippen LogP contribution in [0.2, 0.25) is 0 Å². The second-order valence-corrected chi connectivity index (χ2v) is 9.74. The molecular weight excluding hydrogens is 466 g/mol. The number of ether oxygens (including phenoxy) is 1. The molecular formula is C31H43NO5. The highest BCUT2D eigenvalue weighted by Crippen LogP contribution is 2.21. The van der Waals surface area contributed by atoms with E-state index in [1.807, 2.05) is 6.07 Å². The van der Waals surface area contributed by atoms with Crippen LogP contribution in [0.25, 0.3) is 0 Å². The zero-order valence-electron chi connectivity index (χ0n) is 22.3. The first kappa shape index (κ1) is 30.1. The van der Waals surface area contributed by atoms with Crippen LogP contribution in [0.15, 0.2) is 54.6 Å². The second kappa shape index (κ2) is 18.1. The van der Waals surface area contributed by atoms with Gasteiger partial charge in [0.05, 0.1) is 12.0 Å². The number of carboxylic acids is 1. The summed E-state index contributed by atoms with van der Waals surface area (Å²) in [5.74, 6) is -1.93. The summed E-state index contributed by atoms with van der Waals surface area (Å²) >= 11 is 0. The van der Waals surface area contributed by atoms with Gasteiger partial charge in [-0.3, -0.25) is 9.59 Å². The van der Waals surface area contributed by atoms with E-state index in [0.717, 1.165) is 19.3 Å². The van der Waals surface area contributed by atoms with E-state index in [2.05, 4.69) is 12.2 Å². The van der Waals surface area contributed by atoms with Gasteiger partial charge >= 0.3 is 11.9 Å². The maximum absolute atomic E-state index is 12.8. The minimum absolute atomic E-state index is 0.184. The Hall–Kier alpha value is -3.15. The summed E-state index contributed by atoms with van der Waals surface area (Å²) in [5.41, 5.74) is 0.990. The first-order valence-electron chi connectivity index (χ1n) is 13.9. The normalized spacial score (nSPS) is 11.6. The van der Waals surface area contributed by atoms with Crippen LogP contribution in [-0.2, 0) is 9.59 Å². The monoisotopic (exact) mass is 509 g/mol. The Labute approximate surface area is 221 Å². The molecule has 0 saturated carbocycles. The standard InChI is InChI=1S/C31H43NO5/c1-2-3-4-5-6-7-8-9-10-11-12-14-19-26(24-29(33)34)30(35)32-27-20-22-28(23-21-27)37-31(36)25-17-15-13-16-18-25/h13,15-18,20-23,26H,2-12,14,19,24H2,1H3,(H,32,35)(H,33,34). The Morgan fingerprint density at radius 1 is 0.757 bits per heavy atom. The molecule has 2 N–H and O–H groups in total. The average Bonchev–Trinajstić information content (AvgIpc) is 2.90. The third-order valence-electron chi connectivity index (χ3n) is 6.54. The molecule has 0 aliphatic heterocycles. The zero-order chi connectivity index (χ0) is 26.7. The van der Waals surface area contributed by atoms with E-state index in [1.165, 1.54) is 57.8 Å². The molecule has 0 saturated heterocycles. The fourth-order valence-electron chi connectivity index (χ4n) is 4.36. The number of carbonyl (C=O) groups is 3. The molecule has 2 rings (SSSR count). The molecule has 0 spiro atoms. The third kappa shape index (κ3) is 13.1. The van der Waals surface area contributed by atoms with Crippen molar-refractivity contribution < 1.29 is 24.2 Å². The molecule has 2 aromatic rings. The summed E-state index contributed by atoms with van der Waals surface area (Å²) in [4.78, 5) is 36.3. The maximum atomic E-state index is 12.8. The van der Waals surface area contributed by atoms with Gasteiger partial charge in [0.15, 0.2) is 0 Å². The molecule has 0 radical (unpaired) electrons. The molecule has 0 bridgehead atoms. The fraction of sp³-hybridized carbons (Fsp3) is 0.516. The van der Waals surface area contributed by atoms with Crippen LogP contribution in [0.1, 0.15) is 107 Å². The SMILES string of the molecule is CCCCCCCCCCCCCCC(CC(=O)O)C(=O)Nc1ccc(OC(=O)c2ccccc2)cc1. The van der Waals surface area contributed by atoms with E-state index >= 15 is 0 Å². The van der Waals surface area contributed by atoms with Gasteiger partial charge in [0.1, 0.15) is 5.75 Å². The number of unbranched alkanes of at least 4 members (excludes halogenated alkanes) is 11. The van der Waals surface area contributed by atoms with Gasteiger partial charge in [-0.25, -0.2) is 4.79 Å². The van der Waals surface area contributed by atoms with E-state index in [0.29, 0.717) is 23.4 Å². The lowest BCUT2D eigenvalue weighted by atomic mass is 9.96. The first-order valence-corrected chi connectivity index (χ1v) is 13.9. The number of hydrogen-bond acceptors (Lipinski definition) is 4. The Bertz CT molecular complexity index is 926. The van der Waals surface area contributed by atoms with Gasteiger partial charge in [-0.1, -0.05) is 102 Å². The summed E-state index contributed by atoms with van der Waals surface area (Å²) in [7, 11) is 0. The Balaban J connectivity index is 1.69. The number of rotatable bonds is 19. The van der Waals surface area contributed by atoms with Crippen LogP contribution in [0.3, 0.4) is 0 Å². The van der Waals surface area contributed by atoms with E-state index in [9.17, 15) is 19.5 Å². The number of nitrogens with one attached hydrogen (secondary N) is 1. The van der Waals surface area contributed by atoms with Gasteiger partial charge in [0.25, 0.3) is 0 Å². The van der Waals surface area contributed by atoms with Gasteiger partial charge in [0, 0.05) is 11.6 Å². The van der Waals surface area contributed by atoms with E-state index < -0.39 is 17.9 Å². The van der Waals surface area contributed by atoms with Crippen molar-refractivity contribution >= 4 is 23.5 Å². The molecule has 0 aliphatic carbocycles. The van der Waals surface area contributed by atoms with E-state index in [4.69, 9.17) is 4.74 Å². The van der Waals surface area contributed by atoms with Crippen molar-refractivity contribution in [1.82, 2.24) is 0 Å². The molecule has 2 aromatic carbocycles. The van der Waals surface area contributed by atoms with Crippen molar-refractivity contribution in [3.05, 3.63) is 60.2 Å². The van der Waals surface area contributed by atoms with Gasteiger partial charge in [-0.05, 0) is 42.8 Å². The van der Waals surface area contributed by atoms with Gasteiger partial charge in [-0.2, -0.15) is 0 Å². The van der Waals surface area contributed by atoms with Gasteiger partial charge in [0.2, 0.25) is 5.91 Å². The van der Waals surface area contributed by atoms with Crippen LogP contribution in [0.5, 0.6) is 5.75 Å². The second-order valence-electron chi connectivity index (χ2n) is 9.74. The number of esters is 1. The lowest BCUT2D eigenvalue weighted by Gasteiger charge is -2.15. The molecule has 0 fully saturated rings. The van der Waals surface area contributed by atoms with Crippen LogP contribution < -0.4 is 10.1 Å². The number of amides is 1. The lowest BCUT2D eigenvalue weighted by molar-refractivity contribution is -0.140. The van der Waals surface area contributed by atoms with Crippen molar-refractivity contribution in [2.24, 2.45) is 5.92 Å². The van der Waals surface area contributed by atoms with E-state index in [-0.39, 0.29) is 12.3 Å². The summed E-state index contributed by atoms with van der Waals surface area (Å²) < 4.78 is 5.36. The lowest BCUT2D eigenvalue weighted by Crippen LogP contribution is -2.25. The molecule has 1 amide bonds. The summed E-state index contributed by atoms with van der Waals surface area (Å²) in [6.45, 7) is 2.24. The molecule has 202 valence electrons. The highest BCUT2D eigenvalue weighted by atomic mass is 16.5. The third-order valence-corrected chi connectivity index (χ3v) is 6.54. The van der Waals surface area contributed by atoms with Crippen molar-refractivity contribution in [3.8, 4) is 5.75 Å². The Kier molecular flexibility index (Phi) is 14.8. The highest BCUT2D eigenvalue weighted by molar-refractivity contribution is 5.94. The van der Waals surface area contributed by atoms with Crippen molar-refractivity contribution in [1.29, 1.82) is 0 Å². The van der Waals surface area contributed by atoms with Crippen molar-refractivity contribution in [3.63, 3.8) is 0 Å². The number of hydrogen-bond donors (Lipinski definition) is 2. The van der Waals surface area contributed by atoms with Gasteiger partial charge < -0.3 is 15.2 Å². The van der Waals surface area contributed by atoms with Crippen LogP contribution in [0.4, 0.5) is 5.69 Å². The number of carbonyl (C=O) groups excluding carboxylic acids is 2. The number of aliphatic carboxylic acids is 1. The molecule has 6 heteroatoms. The largest absolute Gasteiger partial charge is 0.481 e. The number of anilines is 1. The minimum atomic E-state index is -0.970. The quantitative estimate of drug-likeness (QED) is 0.114. The topological polar surface area (TPSA) is 92.7 Å². The number of benzene rings is 2. The number of carboxylic acid groups (broad SMARTS) is 1. The Morgan fingerprint density at radius 3 is 1.84 bits per heavy atom. The van der Waals surface area contributed by atoms with Crippen LogP contribution in [-0.4, -0.2) is 23.0 Å². The summed E-state index contributed by atoms with van der Waals surface area (Å²) in [6.07, 6.45) is 15.1. The highest BCUT2D eigenvalue weighted by Gasteiger charge is 2.21. The predicted molar refractivity (Wildman–Crippen MR) is 148 cm³/mol. The molecule has 6 nitrogen and oxygen atoms in total. The molecule has 0 aromatic heterocycles. The minimum Gasteiger partial charge on any atom is -0.481 e. The van der Waals surface area contributed by atoms with E-state index in [1.54, 1.807) is 48.5 Å². The van der Waals surface area contributed by atoms with Gasteiger partial charge in [-0.15, -0.1) is 0 Å². The molecule has 0 heterocycles. The summed E-state index contributed by atoms with van der Waals surface area (Å²) in [6, 6.07) is 15.2. The van der Waals surface area contributed by atoms with Crippen molar-refractivity contribution in [2.45, 2.75) is 96.8 Å². The fourth-order valence-corrected chi connectivity index (χ4v) is 4.36. The molecule has 1 unspecified atom stereocenters. The molecule has 37 heavy (non-hydrogen) atoms. The van der Waals surface area contributed by atoms with Crippen LogP contribution >= 0.6 is 0 Å². The molecule has 0 aliphatic rings. The first-order chi connectivity index (χ1) is 18.0. The maximum Gasteiger partial charge on any atom is 0.343 e. The predicted octanol–water partition coefficient (Wildman–Crippen LogP) is 8.03. The smallest absolute Gasteiger partial charge is 0.343 e. The average molecular weight is 510 g/mol. The molecule has 1 atom stereocenters. The Morgan fingerprint density at radius 2 is 1.30 bits per heavy atom.